The summed E-state index contributed by atoms with van der Waals surface area (Å²) >= 11 is 0. The van der Waals surface area contributed by atoms with Gasteiger partial charge < -0.3 is 9.90 Å². The second-order valence-electron chi connectivity index (χ2n) is 0.715. The number of rotatable bonds is 2. The Morgan fingerprint density at radius 3 is 2.14 bits per heavy atom. The van der Waals surface area contributed by atoms with Crippen LogP contribution in [-0.2, 0) is 42.3 Å². The van der Waals surface area contributed by atoms with Crippen LogP contribution in [0.25, 0.3) is 0 Å². The molecule has 0 aliphatic carbocycles. The maximum absolute atomic E-state index is 9.34. The second-order valence-corrected chi connectivity index (χ2v) is 0.715. The summed E-state index contributed by atoms with van der Waals surface area (Å²) in [4.78, 5) is 18.4. The number of hydrogen-bond acceptors (Lipinski definition) is 2. The van der Waals surface area contributed by atoms with Gasteiger partial charge in [-0.1, -0.05) is 6.42 Å². The predicted octanol–water partition coefficient (Wildman–Crippen LogP) is -0.432. The van der Waals surface area contributed by atoms with Crippen molar-refractivity contribution in [2.24, 2.45) is 0 Å². The molecule has 0 saturated heterocycles. The van der Waals surface area contributed by atoms with Crippen molar-refractivity contribution in [3.8, 4) is 0 Å². The smallest absolute Gasteiger partial charge is 0.541 e. The van der Waals surface area contributed by atoms with Crippen LogP contribution in [0.5, 0.6) is 0 Å². The van der Waals surface area contributed by atoms with E-state index in [0.717, 1.165) is 0 Å². The first kappa shape index (κ1) is 10.3. The molecular weight excluding hydrogens is 173 g/mol. The Morgan fingerprint density at radius 1 is 1.71 bits per heavy atom. The first-order valence-corrected chi connectivity index (χ1v) is 1.34. The van der Waals surface area contributed by atoms with Crippen molar-refractivity contribution < 1.29 is 47.4 Å². The quantitative estimate of drug-likeness (QED) is 0.458. The minimum Gasteiger partial charge on any atom is -0.541 e. The normalized spacial score (nSPS) is 6.29. The Bertz CT molecular complexity index is 70.6. The summed E-state index contributed by atoms with van der Waals surface area (Å²) in [5.41, 5.74) is 0. The van der Waals surface area contributed by atoms with Crippen LogP contribution in [0.2, 0.25) is 0 Å². The summed E-state index contributed by atoms with van der Waals surface area (Å²) in [5, 5.41) is 7.65. The van der Waals surface area contributed by atoms with Crippen LogP contribution >= 0.6 is 0 Å². The Morgan fingerprint density at radius 2 is 2.14 bits per heavy atom. The molecule has 0 saturated carbocycles. The van der Waals surface area contributed by atoms with E-state index in [4.69, 9.17) is 9.90 Å². The van der Waals surface area contributed by atoms with Gasteiger partial charge in [-0.15, -0.1) is 0 Å². The standard InChI is InChI=1S/C3H3O3.Y/c4-2-1-3(5)6;/h1H2,(H,5,6);/q-1;+3. The molecule has 0 aromatic carbocycles. The molecular formula is C3H3O3Y+2. The molecule has 0 aromatic rings. The fraction of sp³-hybridized carbons (Fsp3) is 0.333. The van der Waals surface area contributed by atoms with E-state index >= 15 is 0 Å². The van der Waals surface area contributed by atoms with Crippen LogP contribution in [0, 0.1) is 0 Å². The topological polar surface area (TPSA) is 54.4 Å². The third-order valence-electron chi connectivity index (χ3n) is 0.223. The Kier molecular flexibility index (Phi) is 9.16. The van der Waals surface area contributed by atoms with Crippen molar-refractivity contribution in [3.63, 3.8) is 0 Å². The number of carbonyl (C=O) groups is 1. The molecule has 0 heterocycles. The molecule has 0 amide bonds. The van der Waals surface area contributed by atoms with E-state index in [1.807, 2.05) is 0 Å². The van der Waals surface area contributed by atoms with Crippen LogP contribution in [0.1, 0.15) is 6.42 Å². The molecule has 34 valence electrons. The van der Waals surface area contributed by atoms with Crippen molar-refractivity contribution in [1.29, 1.82) is 0 Å². The molecule has 0 aliphatic rings. The zero-order valence-electron chi connectivity index (χ0n) is 3.55. The first-order valence-electron chi connectivity index (χ1n) is 1.34. The minimum absolute atomic E-state index is 0. The second kappa shape index (κ2) is 6.24. The van der Waals surface area contributed by atoms with Gasteiger partial charge in [-0.05, 0) is 0 Å². The monoisotopic (exact) mass is 176 g/mol. The molecule has 0 spiro atoms. The molecule has 3 nitrogen and oxygen atoms in total. The zero-order valence-corrected chi connectivity index (χ0v) is 6.39. The molecule has 7 heavy (non-hydrogen) atoms. The van der Waals surface area contributed by atoms with Crippen LogP contribution in [0.4, 0.5) is 0 Å². The van der Waals surface area contributed by atoms with Gasteiger partial charge >= 0.3 is 32.7 Å². The summed E-state index contributed by atoms with van der Waals surface area (Å²) < 4.78 is 0. The van der Waals surface area contributed by atoms with Crippen molar-refractivity contribution in [2.45, 2.75) is 6.42 Å². The largest absolute Gasteiger partial charge is 3.00 e. The number of carbonyl (C=O) groups excluding carboxylic acids is 1. The summed E-state index contributed by atoms with van der Waals surface area (Å²) in [5.74, 6) is -1.13. The molecule has 0 unspecified atom stereocenters. The predicted molar refractivity (Wildman–Crippen MR) is 17.9 cm³/mol. The van der Waals surface area contributed by atoms with Gasteiger partial charge in [-0.2, -0.15) is 0 Å². The van der Waals surface area contributed by atoms with E-state index < -0.39 is 12.4 Å². The molecule has 0 aliphatic heterocycles. The van der Waals surface area contributed by atoms with Gasteiger partial charge in [-0.3, -0.25) is 11.1 Å². The number of aliphatic carboxylic acids is 1. The van der Waals surface area contributed by atoms with E-state index in [0.29, 0.717) is 0 Å². The zero-order chi connectivity index (χ0) is 4.99. The molecule has 4 heteroatoms. The summed E-state index contributed by atoms with van der Waals surface area (Å²) in [6.07, 6.45) is 0.704. The summed E-state index contributed by atoms with van der Waals surface area (Å²) in [6, 6.07) is 0. The average Bonchev–Trinajstić information content (AvgIpc) is 1.35. The maximum Gasteiger partial charge on any atom is 3.00 e. The fourth-order valence-electron chi connectivity index (χ4n) is 0.0617. The molecule has 0 aromatic heterocycles. The maximum atomic E-state index is 9.34. The van der Waals surface area contributed by atoms with Gasteiger partial charge in [0.2, 0.25) is 0 Å². The van der Waals surface area contributed by atoms with Crippen LogP contribution in [-0.4, -0.2) is 17.4 Å². The van der Waals surface area contributed by atoms with Crippen molar-refractivity contribution >= 4 is 12.3 Å². The average molecular weight is 176 g/mol. The number of hydrogen-bond donors (Lipinski definition) is 1. The van der Waals surface area contributed by atoms with Crippen molar-refractivity contribution in [2.75, 3.05) is 0 Å². The van der Waals surface area contributed by atoms with Crippen molar-refractivity contribution in [1.82, 2.24) is 0 Å². The summed E-state index contributed by atoms with van der Waals surface area (Å²) in [6.45, 7) is 0. The third kappa shape index (κ3) is 10.7. The molecule has 1 N–H and O–H groups in total. The van der Waals surface area contributed by atoms with Gasteiger partial charge in [0, 0.05) is 0 Å². The summed E-state index contributed by atoms with van der Waals surface area (Å²) in [7, 11) is 0. The minimum atomic E-state index is -1.13. The van der Waals surface area contributed by atoms with Crippen LogP contribution in [0.15, 0.2) is 0 Å². The molecule has 0 bridgehead atoms. The van der Waals surface area contributed by atoms with Gasteiger partial charge in [0.25, 0.3) is 5.97 Å². The van der Waals surface area contributed by atoms with Crippen LogP contribution in [0.3, 0.4) is 0 Å². The van der Waals surface area contributed by atoms with E-state index in [1.165, 1.54) is 6.29 Å². The van der Waals surface area contributed by atoms with E-state index in [9.17, 15) is 4.79 Å². The van der Waals surface area contributed by atoms with Crippen molar-refractivity contribution in [3.05, 3.63) is 0 Å². The van der Waals surface area contributed by atoms with Crippen LogP contribution < -0.4 is 0 Å². The van der Waals surface area contributed by atoms with Gasteiger partial charge in [0.05, 0.1) is 0 Å². The van der Waals surface area contributed by atoms with Gasteiger partial charge in [-0.25, -0.2) is 0 Å². The fourth-order valence-corrected chi connectivity index (χ4v) is 0.0617. The third-order valence-corrected chi connectivity index (χ3v) is 0.223. The number of carboxylic acids is 1. The number of carboxylic acid groups (broad SMARTS) is 1. The van der Waals surface area contributed by atoms with E-state index in [-0.39, 0.29) is 32.7 Å². The molecule has 0 radical (unpaired) electrons. The van der Waals surface area contributed by atoms with E-state index in [1.54, 1.807) is 0 Å². The molecule has 0 rings (SSSR count). The Labute approximate surface area is 66.0 Å². The van der Waals surface area contributed by atoms with Gasteiger partial charge in [0.1, 0.15) is 0 Å². The Balaban J connectivity index is 0. The Hall–Kier alpha value is 0.244. The molecule has 0 fully saturated rings. The molecule has 0 atom stereocenters. The SMILES string of the molecule is O=[C-]CC(=O)O.[Y+3]. The van der Waals surface area contributed by atoms with E-state index in [2.05, 4.69) is 0 Å². The van der Waals surface area contributed by atoms with Gasteiger partial charge in [0.15, 0.2) is 0 Å². The first-order chi connectivity index (χ1) is 2.77.